The quantitative estimate of drug-likeness (QED) is 0.339. The van der Waals surface area contributed by atoms with Gasteiger partial charge in [0.15, 0.2) is 6.61 Å². The van der Waals surface area contributed by atoms with Crippen LogP contribution in [0.1, 0.15) is 33.5 Å². The second-order valence-electron chi connectivity index (χ2n) is 7.31. The second-order valence-corrected chi connectivity index (χ2v) is 7.31. The van der Waals surface area contributed by atoms with Gasteiger partial charge in [-0.1, -0.05) is 24.3 Å². The van der Waals surface area contributed by atoms with Crippen LogP contribution >= 0.6 is 0 Å². The standard InChI is InChI=1S/C24H25NO6/c1-15-11-16(2)17(3)21(12-15)30-14-22(26)29-10-6-9-25-23(27)19-13-18-7-4-5-8-20(18)31-24(19)28/h4-5,7-8,11-13H,6,9-10,14H2,1-3H3,(H,25,27). The summed E-state index contributed by atoms with van der Waals surface area (Å²) in [6.45, 7) is 6.08. The van der Waals surface area contributed by atoms with E-state index in [2.05, 4.69) is 11.4 Å². The molecular weight excluding hydrogens is 398 g/mol. The van der Waals surface area contributed by atoms with Crippen LogP contribution in [0, 0.1) is 20.8 Å². The van der Waals surface area contributed by atoms with Gasteiger partial charge in [0.1, 0.15) is 16.9 Å². The van der Waals surface area contributed by atoms with Gasteiger partial charge in [-0.3, -0.25) is 4.79 Å². The largest absolute Gasteiger partial charge is 0.482 e. The van der Waals surface area contributed by atoms with E-state index in [0.717, 1.165) is 16.7 Å². The molecule has 31 heavy (non-hydrogen) atoms. The highest BCUT2D eigenvalue weighted by atomic mass is 16.6. The minimum Gasteiger partial charge on any atom is -0.482 e. The lowest BCUT2D eigenvalue weighted by Crippen LogP contribution is -2.29. The van der Waals surface area contributed by atoms with E-state index in [9.17, 15) is 14.4 Å². The molecule has 1 amide bonds. The normalized spacial score (nSPS) is 10.7. The fourth-order valence-corrected chi connectivity index (χ4v) is 3.10. The number of ether oxygens (including phenoxy) is 2. The molecule has 1 aromatic heterocycles. The molecule has 0 radical (unpaired) electrons. The van der Waals surface area contributed by atoms with E-state index in [1.165, 1.54) is 6.07 Å². The molecule has 0 aliphatic heterocycles. The summed E-state index contributed by atoms with van der Waals surface area (Å²) < 4.78 is 15.9. The van der Waals surface area contributed by atoms with E-state index < -0.39 is 17.5 Å². The zero-order chi connectivity index (χ0) is 22.4. The lowest BCUT2D eigenvalue weighted by molar-refractivity contribution is -0.146. The lowest BCUT2D eigenvalue weighted by atomic mass is 10.1. The van der Waals surface area contributed by atoms with Crippen LogP contribution in [0.15, 0.2) is 51.7 Å². The van der Waals surface area contributed by atoms with Gasteiger partial charge in [0, 0.05) is 11.9 Å². The predicted molar refractivity (Wildman–Crippen MR) is 117 cm³/mol. The molecule has 3 aromatic rings. The lowest BCUT2D eigenvalue weighted by Gasteiger charge is -2.12. The van der Waals surface area contributed by atoms with Crippen LogP contribution < -0.4 is 15.7 Å². The monoisotopic (exact) mass is 423 g/mol. The smallest absolute Gasteiger partial charge is 0.349 e. The third kappa shape index (κ3) is 5.72. The van der Waals surface area contributed by atoms with Crippen LogP contribution in [0.2, 0.25) is 0 Å². The van der Waals surface area contributed by atoms with Gasteiger partial charge < -0.3 is 19.2 Å². The SMILES string of the molecule is Cc1cc(C)c(C)c(OCC(=O)OCCCNC(=O)c2cc3ccccc3oc2=O)c1. The minimum absolute atomic E-state index is 0.0621. The number of carbonyl (C=O) groups is 2. The molecule has 0 bridgehead atoms. The number of aryl methyl sites for hydroxylation is 2. The summed E-state index contributed by atoms with van der Waals surface area (Å²) in [5.41, 5.74) is 2.81. The average molecular weight is 423 g/mol. The molecule has 0 aliphatic rings. The Morgan fingerprint density at radius 2 is 1.84 bits per heavy atom. The maximum atomic E-state index is 12.3. The van der Waals surface area contributed by atoms with Gasteiger partial charge >= 0.3 is 11.6 Å². The van der Waals surface area contributed by atoms with E-state index in [-0.39, 0.29) is 25.3 Å². The molecule has 162 valence electrons. The topological polar surface area (TPSA) is 94.8 Å². The Morgan fingerprint density at radius 1 is 1.06 bits per heavy atom. The number of benzene rings is 2. The Labute approximate surface area is 180 Å². The molecule has 1 heterocycles. The summed E-state index contributed by atoms with van der Waals surface area (Å²) in [5.74, 6) is -0.351. The van der Waals surface area contributed by atoms with E-state index >= 15 is 0 Å². The zero-order valence-corrected chi connectivity index (χ0v) is 17.8. The molecule has 0 atom stereocenters. The van der Waals surface area contributed by atoms with Gasteiger partial charge in [-0.15, -0.1) is 0 Å². The van der Waals surface area contributed by atoms with Crippen molar-refractivity contribution in [2.24, 2.45) is 0 Å². The minimum atomic E-state index is -0.693. The molecule has 7 nitrogen and oxygen atoms in total. The highest BCUT2D eigenvalue weighted by molar-refractivity contribution is 5.96. The highest BCUT2D eigenvalue weighted by Gasteiger charge is 2.13. The number of hydrogen-bond acceptors (Lipinski definition) is 6. The summed E-state index contributed by atoms with van der Waals surface area (Å²) in [6.07, 6.45) is 0.402. The Morgan fingerprint density at radius 3 is 2.65 bits per heavy atom. The van der Waals surface area contributed by atoms with E-state index in [4.69, 9.17) is 13.9 Å². The van der Waals surface area contributed by atoms with Gasteiger partial charge in [-0.25, -0.2) is 9.59 Å². The summed E-state index contributed by atoms with van der Waals surface area (Å²) in [7, 11) is 0. The summed E-state index contributed by atoms with van der Waals surface area (Å²) in [5, 5.41) is 3.30. The first-order chi connectivity index (χ1) is 14.8. The number of hydrogen-bond donors (Lipinski definition) is 1. The third-order valence-corrected chi connectivity index (χ3v) is 4.87. The Hall–Kier alpha value is -3.61. The Balaban J connectivity index is 1.41. The van der Waals surface area contributed by atoms with Crippen molar-refractivity contribution >= 4 is 22.8 Å². The van der Waals surface area contributed by atoms with Crippen molar-refractivity contribution < 1.29 is 23.5 Å². The zero-order valence-electron chi connectivity index (χ0n) is 17.8. The van der Waals surface area contributed by atoms with Gasteiger partial charge in [-0.2, -0.15) is 0 Å². The molecule has 0 saturated heterocycles. The maximum absolute atomic E-state index is 12.3. The van der Waals surface area contributed by atoms with E-state index in [0.29, 0.717) is 23.1 Å². The van der Waals surface area contributed by atoms with Gasteiger partial charge in [-0.05, 0) is 62.1 Å². The van der Waals surface area contributed by atoms with Crippen LogP contribution in [0.3, 0.4) is 0 Å². The van der Waals surface area contributed by atoms with Crippen LogP contribution in [0.4, 0.5) is 0 Å². The number of nitrogens with one attached hydrogen (secondary N) is 1. The summed E-state index contributed by atoms with van der Waals surface area (Å²) in [6, 6.07) is 12.4. The first-order valence-electron chi connectivity index (χ1n) is 10.0. The van der Waals surface area contributed by atoms with Gasteiger partial charge in [0.2, 0.25) is 0 Å². The number of rotatable bonds is 8. The van der Waals surface area contributed by atoms with Crippen LogP contribution in [-0.2, 0) is 9.53 Å². The molecule has 3 rings (SSSR count). The molecule has 0 saturated carbocycles. The van der Waals surface area contributed by atoms with Crippen molar-refractivity contribution in [3.63, 3.8) is 0 Å². The van der Waals surface area contributed by atoms with Gasteiger partial charge in [0.05, 0.1) is 6.61 Å². The van der Waals surface area contributed by atoms with Crippen molar-refractivity contribution in [1.29, 1.82) is 0 Å². The molecule has 2 aromatic carbocycles. The molecule has 0 spiro atoms. The summed E-state index contributed by atoms with van der Waals surface area (Å²) >= 11 is 0. The average Bonchev–Trinajstić information content (AvgIpc) is 2.74. The highest BCUT2D eigenvalue weighted by Crippen LogP contribution is 2.23. The van der Waals surface area contributed by atoms with Crippen molar-refractivity contribution in [2.75, 3.05) is 19.8 Å². The predicted octanol–water partition coefficient (Wildman–Crippen LogP) is 3.46. The van der Waals surface area contributed by atoms with Crippen LogP contribution in [0.25, 0.3) is 11.0 Å². The van der Waals surface area contributed by atoms with Crippen molar-refractivity contribution in [3.05, 3.63) is 75.1 Å². The van der Waals surface area contributed by atoms with Crippen molar-refractivity contribution in [2.45, 2.75) is 27.2 Å². The van der Waals surface area contributed by atoms with E-state index in [1.807, 2.05) is 26.8 Å². The van der Waals surface area contributed by atoms with E-state index in [1.54, 1.807) is 24.3 Å². The molecule has 1 N–H and O–H groups in total. The number of carbonyl (C=O) groups excluding carboxylic acids is 2. The number of amides is 1. The fourth-order valence-electron chi connectivity index (χ4n) is 3.10. The number of para-hydroxylation sites is 1. The molecule has 7 heteroatoms. The maximum Gasteiger partial charge on any atom is 0.349 e. The second kappa shape index (κ2) is 9.93. The molecular formula is C24H25NO6. The first-order valence-corrected chi connectivity index (χ1v) is 10.0. The Kier molecular flexibility index (Phi) is 7.07. The third-order valence-electron chi connectivity index (χ3n) is 4.87. The fraction of sp³-hybridized carbons (Fsp3) is 0.292. The Bertz CT molecular complexity index is 1160. The summed E-state index contributed by atoms with van der Waals surface area (Å²) in [4.78, 5) is 36.1. The van der Waals surface area contributed by atoms with Crippen LogP contribution in [0.5, 0.6) is 5.75 Å². The van der Waals surface area contributed by atoms with Crippen molar-refractivity contribution in [1.82, 2.24) is 5.32 Å². The number of esters is 1. The van der Waals surface area contributed by atoms with Crippen molar-refractivity contribution in [3.8, 4) is 5.75 Å². The van der Waals surface area contributed by atoms with Gasteiger partial charge in [0.25, 0.3) is 5.91 Å². The molecule has 0 aliphatic carbocycles. The molecule has 0 fully saturated rings. The molecule has 0 unspecified atom stereocenters. The van der Waals surface area contributed by atoms with Crippen LogP contribution in [-0.4, -0.2) is 31.6 Å². The first kappa shape index (κ1) is 22.1. The number of fused-ring (bicyclic) bond motifs is 1.